The van der Waals surface area contributed by atoms with Crippen LogP contribution in [0, 0.1) is 16.0 Å². The number of nitro groups is 1. The highest BCUT2D eigenvalue weighted by Gasteiger charge is 2.42. The van der Waals surface area contributed by atoms with Crippen LogP contribution in [0.4, 0.5) is 11.4 Å². The summed E-state index contributed by atoms with van der Waals surface area (Å²) in [5, 5.41) is 16.8. The van der Waals surface area contributed by atoms with Gasteiger partial charge in [0.15, 0.2) is 11.5 Å². The van der Waals surface area contributed by atoms with Crippen molar-refractivity contribution in [2.24, 2.45) is 5.92 Å². The Balaban J connectivity index is 1.50. The number of fused-ring (bicyclic) bond motifs is 3. The van der Waals surface area contributed by atoms with Crippen molar-refractivity contribution in [1.82, 2.24) is 0 Å². The average Bonchev–Trinajstić information content (AvgIpc) is 3.33. The minimum Gasteiger partial charge on any atom is -0.493 e. The number of allylic oxidation sites excluding steroid dienone is 2. The summed E-state index contributed by atoms with van der Waals surface area (Å²) < 4.78 is 12.5. The maximum Gasteiger partial charge on any atom is 0.275 e. The summed E-state index contributed by atoms with van der Waals surface area (Å²) in [6, 6.07) is 12.0. The van der Waals surface area contributed by atoms with E-state index in [1.165, 1.54) is 6.07 Å². The van der Waals surface area contributed by atoms with Crippen LogP contribution in [0.5, 0.6) is 11.5 Å². The monoisotopic (exact) mass is 608 g/mol. The van der Waals surface area contributed by atoms with Crippen LogP contribution in [0.15, 0.2) is 59.1 Å². The zero-order chi connectivity index (χ0) is 25.6. The first kappa shape index (κ1) is 25.2. The van der Waals surface area contributed by atoms with Gasteiger partial charge in [0.25, 0.3) is 5.69 Å². The third-order valence-corrected chi connectivity index (χ3v) is 8.13. The van der Waals surface area contributed by atoms with Crippen molar-refractivity contribution in [2.75, 3.05) is 12.4 Å². The van der Waals surface area contributed by atoms with E-state index in [1.54, 1.807) is 25.3 Å². The lowest BCUT2D eigenvalue weighted by molar-refractivity contribution is -0.385. The van der Waals surface area contributed by atoms with Gasteiger partial charge in [0.2, 0.25) is 0 Å². The summed E-state index contributed by atoms with van der Waals surface area (Å²) in [6.45, 7) is 0.229. The molecular formula is C26H20BrCl3N2O4. The van der Waals surface area contributed by atoms with Crippen LogP contribution in [0.2, 0.25) is 15.1 Å². The van der Waals surface area contributed by atoms with Crippen molar-refractivity contribution in [3.05, 3.63) is 101 Å². The minimum absolute atomic E-state index is 0.0743. The lowest BCUT2D eigenvalue weighted by Gasteiger charge is -2.37. The number of hydrogen-bond acceptors (Lipinski definition) is 5. The maximum atomic E-state index is 11.8. The zero-order valence-electron chi connectivity index (χ0n) is 18.9. The van der Waals surface area contributed by atoms with E-state index < -0.39 is 0 Å². The SMILES string of the molecule is COc1cc([C@@H]2Nc3c(Cl)ccc([N+](=O)[O-])c3[C@H]3C=CC[C@@H]32)cc(Br)c1OCc1ccc(Cl)cc1Cl. The molecule has 0 fully saturated rings. The lowest BCUT2D eigenvalue weighted by atomic mass is 9.76. The molecule has 6 nitrogen and oxygen atoms in total. The molecule has 5 rings (SSSR count). The Bertz CT molecular complexity index is 1400. The molecule has 2 aliphatic rings. The van der Waals surface area contributed by atoms with Crippen LogP contribution in [0.1, 0.15) is 35.1 Å². The molecule has 1 N–H and O–H groups in total. The molecule has 1 aliphatic heterocycles. The second kappa shape index (κ2) is 10.1. The van der Waals surface area contributed by atoms with E-state index in [9.17, 15) is 10.1 Å². The fourth-order valence-electron chi connectivity index (χ4n) is 4.99. The summed E-state index contributed by atoms with van der Waals surface area (Å²) in [7, 11) is 1.58. The molecule has 1 heterocycles. The fraction of sp³-hybridized carbons (Fsp3) is 0.231. The highest BCUT2D eigenvalue weighted by atomic mass is 79.9. The van der Waals surface area contributed by atoms with Gasteiger partial charge >= 0.3 is 0 Å². The van der Waals surface area contributed by atoms with Gasteiger partial charge in [-0.05, 0) is 64.2 Å². The minimum atomic E-state index is -0.348. The molecule has 1 aliphatic carbocycles. The predicted molar refractivity (Wildman–Crippen MR) is 146 cm³/mol. The Kier molecular flexibility index (Phi) is 7.10. The van der Waals surface area contributed by atoms with Gasteiger partial charge in [0.05, 0.1) is 38.8 Å². The molecule has 36 heavy (non-hydrogen) atoms. The first-order chi connectivity index (χ1) is 17.3. The highest BCUT2D eigenvalue weighted by Crippen LogP contribution is 2.55. The van der Waals surface area contributed by atoms with Crippen molar-refractivity contribution >= 4 is 62.1 Å². The molecule has 0 amide bonds. The number of rotatable bonds is 6. The number of benzene rings is 3. The third-order valence-electron chi connectivity index (χ3n) is 6.64. The molecule has 0 unspecified atom stereocenters. The van der Waals surface area contributed by atoms with Gasteiger partial charge in [-0.15, -0.1) is 0 Å². The van der Waals surface area contributed by atoms with Gasteiger partial charge in [-0.3, -0.25) is 10.1 Å². The van der Waals surface area contributed by atoms with Gasteiger partial charge in [-0.2, -0.15) is 0 Å². The number of ether oxygens (including phenoxy) is 2. The normalized spacial score (nSPS) is 19.9. The van der Waals surface area contributed by atoms with Gasteiger partial charge in [0.1, 0.15) is 6.61 Å². The van der Waals surface area contributed by atoms with Gasteiger partial charge < -0.3 is 14.8 Å². The molecule has 0 radical (unpaired) electrons. The largest absolute Gasteiger partial charge is 0.493 e. The van der Waals surface area contributed by atoms with Crippen LogP contribution in [0.3, 0.4) is 0 Å². The van der Waals surface area contributed by atoms with Crippen LogP contribution in [-0.2, 0) is 6.61 Å². The molecule has 0 bridgehead atoms. The smallest absolute Gasteiger partial charge is 0.275 e. The first-order valence-electron chi connectivity index (χ1n) is 11.1. The van der Waals surface area contributed by atoms with Crippen molar-refractivity contribution in [1.29, 1.82) is 0 Å². The highest BCUT2D eigenvalue weighted by molar-refractivity contribution is 9.10. The van der Waals surface area contributed by atoms with Gasteiger partial charge in [-0.25, -0.2) is 0 Å². The van der Waals surface area contributed by atoms with Gasteiger partial charge in [0, 0.05) is 27.6 Å². The average molecular weight is 611 g/mol. The number of nitro benzene ring substituents is 1. The quantitative estimate of drug-likeness (QED) is 0.172. The molecule has 3 aromatic carbocycles. The molecular weight excluding hydrogens is 591 g/mol. The second-order valence-electron chi connectivity index (χ2n) is 8.65. The van der Waals surface area contributed by atoms with E-state index in [2.05, 4.69) is 27.3 Å². The maximum absolute atomic E-state index is 11.8. The van der Waals surface area contributed by atoms with E-state index in [1.807, 2.05) is 24.3 Å². The molecule has 0 aromatic heterocycles. The number of hydrogen-bond donors (Lipinski definition) is 1. The van der Waals surface area contributed by atoms with E-state index in [0.29, 0.717) is 42.3 Å². The van der Waals surface area contributed by atoms with E-state index in [0.717, 1.165) is 17.5 Å². The number of nitrogens with zero attached hydrogens (tertiary/aromatic N) is 1. The Labute approximate surface area is 231 Å². The summed E-state index contributed by atoms with van der Waals surface area (Å²) in [6.07, 6.45) is 4.89. The van der Waals surface area contributed by atoms with E-state index >= 15 is 0 Å². The topological polar surface area (TPSA) is 73.6 Å². The molecule has 0 saturated carbocycles. The van der Waals surface area contributed by atoms with Crippen molar-refractivity contribution in [2.45, 2.75) is 25.0 Å². The summed E-state index contributed by atoms with van der Waals surface area (Å²) in [5.74, 6) is 1.03. The van der Waals surface area contributed by atoms with Crippen LogP contribution in [-0.4, -0.2) is 12.0 Å². The Morgan fingerprint density at radius 2 is 1.94 bits per heavy atom. The Hall–Kier alpha value is -2.45. The van der Waals surface area contributed by atoms with Crippen LogP contribution in [0.25, 0.3) is 0 Å². The second-order valence-corrected chi connectivity index (χ2v) is 10.8. The van der Waals surface area contributed by atoms with E-state index in [-0.39, 0.29) is 35.1 Å². The Morgan fingerprint density at radius 1 is 1.14 bits per heavy atom. The van der Waals surface area contributed by atoms with E-state index in [4.69, 9.17) is 44.3 Å². The molecule has 186 valence electrons. The number of methoxy groups -OCH3 is 1. The zero-order valence-corrected chi connectivity index (χ0v) is 22.8. The number of anilines is 1. The molecule has 10 heteroatoms. The lowest BCUT2D eigenvalue weighted by Crippen LogP contribution is -2.30. The molecule has 0 saturated heterocycles. The van der Waals surface area contributed by atoms with Crippen molar-refractivity contribution in [3.8, 4) is 11.5 Å². The fourth-order valence-corrected chi connectivity index (χ4v) is 6.25. The number of nitrogens with one attached hydrogen (secondary N) is 1. The van der Waals surface area contributed by atoms with Gasteiger partial charge in [-0.1, -0.05) is 53.0 Å². The number of halogens is 4. The van der Waals surface area contributed by atoms with Crippen molar-refractivity contribution < 1.29 is 14.4 Å². The van der Waals surface area contributed by atoms with Crippen LogP contribution >= 0.6 is 50.7 Å². The predicted octanol–water partition coefficient (Wildman–Crippen LogP) is 8.73. The summed E-state index contributed by atoms with van der Waals surface area (Å²) in [4.78, 5) is 11.4. The Morgan fingerprint density at radius 3 is 2.67 bits per heavy atom. The summed E-state index contributed by atoms with van der Waals surface area (Å²) >= 11 is 22.5. The first-order valence-corrected chi connectivity index (χ1v) is 13.0. The molecule has 0 spiro atoms. The van der Waals surface area contributed by atoms with Crippen LogP contribution < -0.4 is 14.8 Å². The third kappa shape index (κ3) is 4.54. The summed E-state index contributed by atoms with van der Waals surface area (Å²) in [5.41, 5.74) is 3.04. The standard InChI is InChI=1S/C26H20BrCl3N2O4/c1-35-22-10-14(9-18(27)26(22)36-12-13-5-6-15(28)11-20(13)30)24-17-4-2-3-16(17)23-21(32(33)34)8-7-19(29)25(23)31-24/h2-3,5-11,16-17,24,31H,4,12H2,1H3/t16-,17-,24-/m0/s1. The van der Waals surface area contributed by atoms with Crippen molar-refractivity contribution in [3.63, 3.8) is 0 Å². The molecule has 3 aromatic rings. The molecule has 3 atom stereocenters.